The lowest BCUT2D eigenvalue weighted by molar-refractivity contribution is -0.134. The molecule has 0 aliphatic carbocycles. The summed E-state index contributed by atoms with van der Waals surface area (Å²) in [6.07, 6.45) is 0. The van der Waals surface area contributed by atoms with Gasteiger partial charge >= 0.3 is 11.9 Å². The van der Waals surface area contributed by atoms with Crippen molar-refractivity contribution in [1.29, 1.82) is 0 Å². The van der Waals surface area contributed by atoms with E-state index in [4.69, 9.17) is 0 Å². The summed E-state index contributed by atoms with van der Waals surface area (Å²) in [5.41, 5.74) is 0. The van der Waals surface area contributed by atoms with E-state index in [1.54, 1.807) is 0 Å². The van der Waals surface area contributed by atoms with Crippen molar-refractivity contribution in [2.75, 3.05) is 0 Å². The van der Waals surface area contributed by atoms with Gasteiger partial charge in [-0.3, -0.25) is 14.2 Å². The zero-order valence-electron chi connectivity index (χ0n) is 8.97. The molecule has 0 aromatic carbocycles. The molecule has 0 saturated carbocycles. The third-order valence-corrected chi connectivity index (χ3v) is 1.74. The molecule has 0 aliphatic heterocycles. The minimum absolute atomic E-state index is 0.386. The molecular formula is C9H11NO6. The van der Waals surface area contributed by atoms with Crippen LogP contribution in [0.1, 0.15) is 13.8 Å². The van der Waals surface area contributed by atoms with Crippen molar-refractivity contribution in [3.63, 3.8) is 0 Å². The largest absolute Gasteiger partial charge is 0.492 e. The van der Waals surface area contributed by atoms with Crippen molar-refractivity contribution < 1.29 is 29.3 Å². The molecule has 0 bridgehead atoms. The van der Waals surface area contributed by atoms with Crippen molar-refractivity contribution in [3.05, 3.63) is 0 Å². The Bertz CT molecular complexity index is 408. The van der Waals surface area contributed by atoms with E-state index < -0.39 is 23.7 Å². The van der Waals surface area contributed by atoms with Crippen molar-refractivity contribution >= 4 is 11.9 Å². The smallest absolute Gasteiger partial charge is 0.308 e. The van der Waals surface area contributed by atoms with Gasteiger partial charge in [-0.25, -0.2) is 0 Å². The maximum Gasteiger partial charge on any atom is 0.308 e. The number of carbonyl (C=O) groups excluding carboxylic acids is 2. The number of ether oxygens (including phenoxy) is 2. The third-order valence-electron chi connectivity index (χ3n) is 1.74. The van der Waals surface area contributed by atoms with Crippen LogP contribution in [0.5, 0.6) is 23.3 Å². The van der Waals surface area contributed by atoms with Crippen LogP contribution in [0.2, 0.25) is 0 Å². The summed E-state index contributed by atoms with van der Waals surface area (Å²) in [6, 6.07) is 0. The quantitative estimate of drug-likeness (QED) is 0.707. The van der Waals surface area contributed by atoms with Crippen molar-refractivity contribution in [2.45, 2.75) is 13.8 Å². The Morgan fingerprint density at radius 2 is 1.31 bits per heavy atom. The number of hydrogen-bond acceptors (Lipinski definition) is 6. The second-order valence-electron chi connectivity index (χ2n) is 3.05. The van der Waals surface area contributed by atoms with Crippen LogP contribution >= 0.6 is 0 Å². The van der Waals surface area contributed by atoms with Crippen LogP contribution in [0.3, 0.4) is 0 Å². The molecule has 0 radical (unpaired) electrons. The number of nitrogens with zero attached hydrogens (tertiary/aromatic N) is 1. The van der Waals surface area contributed by atoms with Gasteiger partial charge in [-0.2, -0.15) is 0 Å². The van der Waals surface area contributed by atoms with E-state index in [-0.39, 0.29) is 11.5 Å². The summed E-state index contributed by atoms with van der Waals surface area (Å²) >= 11 is 0. The zero-order chi connectivity index (χ0) is 12.5. The van der Waals surface area contributed by atoms with Crippen molar-refractivity contribution in [3.8, 4) is 23.3 Å². The van der Waals surface area contributed by atoms with E-state index in [9.17, 15) is 19.8 Å². The second kappa shape index (κ2) is 4.13. The lowest BCUT2D eigenvalue weighted by Crippen LogP contribution is -2.05. The first-order valence-corrected chi connectivity index (χ1v) is 4.32. The molecule has 0 aliphatic rings. The normalized spacial score (nSPS) is 9.94. The Kier molecular flexibility index (Phi) is 3.07. The predicted molar refractivity (Wildman–Crippen MR) is 51.4 cm³/mol. The maximum atomic E-state index is 10.8. The van der Waals surface area contributed by atoms with Crippen LogP contribution in [0.4, 0.5) is 0 Å². The SMILES string of the molecule is CC(=O)Oc1c(OC(C)=O)c(O)n(C)c1O. The molecule has 0 amide bonds. The average molecular weight is 229 g/mol. The Labute approximate surface area is 90.8 Å². The summed E-state index contributed by atoms with van der Waals surface area (Å²) in [6.45, 7) is 2.22. The van der Waals surface area contributed by atoms with E-state index in [2.05, 4.69) is 9.47 Å². The van der Waals surface area contributed by atoms with Gasteiger partial charge in [0.25, 0.3) is 0 Å². The molecule has 1 rings (SSSR count). The van der Waals surface area contributed by atoms with E-state index >= 15 is 0 Å². The molecular weight excluding hydrogens is 218 g/mol. The summed E-state index contributed by atoms with van der Waals surface area (Å²) in [5, 5.41) is 19.0. The monoisotopic (exact) mass is 229 g/mol. The highest BCUT2D eigenvalue weighted by molar-refractivity contribution is 5.76. The maximum absolute atomic E-state index is 10.8. The minimum atomic E-state index is -0.714. The Morgan fingerprint density at radius 3 is 1.56 bits per heavy atom. The van der Waals surface area contributed by atoms with Gasteiger partial charge in [-0.05, 0) is 0 Å². The van der Waals surface area contributed by atoms with Crippen molar-refractivity contribution in [1.82, 2.24) is 4.57 Å². The zero-order valence-corrected chi connectivity index (χ0v) is 8.97. The fraction of sp³-hybridized carbons (Fsp3) is 0.333. The Balaban J connectivity index is 3.26. The molecule has 16 heavy (non-hydrogen) atoms. The van der Waals surface area contributed by atoms with Gasteiger partial charge in [0.2, 0.25) is 23.3 Å². The third kappa shape index (κ3) is 2.08. The topological polar surface area (TPSA) is 98.0 Å². The summed E-state index contributed by atoms with van der Waals surface area (Å²) < 4.78 is 10.2. The number of hydrogen-bond donors (Lipinski definition) is 2. The lowest BCUT2D eigenvalue weighted by Gasteiger charge is -2.02. The molecule has 0 unspecified atom stereocenters. The minimum Gasteiger partial charge on any atom is -0.492 e. The number of rotatable bonds is 2. The van der Waals surface area contributed by atoms with E-state index in [1.807, 2.05) is 0 Å². The number of aromatic nitrogens is 1. The molecule has 88 valence electrons. The van der Waals surface area contributed by atoms with Crippen LogP contribution in [0.15, 0.2) is 0 Å². The van der Waals surface area contributed by atoms with Gasteiger partial charge < -0.3 is 19.7 Å². The van der Waals surface area contributed by atoms with Gasteiger partial charge in [-0.1, -0.05) is 0 Å². The molecule has 0 spiro atoms. The van der Waals surface area contributed by atoms with E-state index in [1.165, 1.54) is 7.05 Å². The molecule has 1 heterocycles. The fourth-order valence-electron chi connectivity index (χ4n) is 1.08. The average Bonchev–Trinajstić information content (AvgIpc) is 2.34. The first-order chi connectivity index (χ1) is 7.34. The highest BCUT2D eigenvalue weighted by Gasteiger charge is 2.26. The molecule has 2 N–H and O–H groups in total. The molecule has 1 aromatic heterocycles. The number of esters is 2. The molecule has 0 fully saturated rings. The summed E-state index contributed by atoms with van der Waals surface area (Å²) in [4.78, 5) is 21.5. The predicted octanol–water partition coefficient (Wildman–Crippen LogP) is 0.287. The summed E-state index contributed by atoms with van der Waals surface area (Å²) in [7, 11) is 1.31. The number of aromatic hydroxyl groups is 2. The fourth-order valence-corrected chi connectivity index (χ4v) is 1.08. The van der Waals surface area contributed by atoms with Gasteiger partial charge in [0, 0.05) is 20.9 Å². The van der Waals surface area contributed by atoms with Crippen LogP contribution in [0.25, 0.3) is 0 Å². The first kappa shape index (κ1) is 11.9. The number of carbonyl (C=O) groups is 2. The molecule has 7 heteroatoms. The van der Waals surface area contributed by atoms with E-state index in [0.29, 0.717) is 0 Å². The molecule has 7 nitrogen and oxygen atoms in total. The first-order valence-electron chi connectivity index (χ1n) is 4.32. The van der Waals surface area contributed by atoms with Gasteiger partial charge in [0.05, 0.1) is 0 Å². The summed E-state index contributed by atoms with van der Waals surface area (Å²) in [5.74, 6) is -3.22. The molecule has 1 aromatic rings. The van der Waals surface area contributed by atoms with E-state index in [0.717, 1.165) is 18.4 Å². The lowest BCUT2D eigenvalue weighted by atomic mass is 10.5. The highest BCUT2D eigenvalue weighted by Crippen LogP contribution is 2.46. The van der Waals surface area contributed by atoms with Crippen molar-refractivity contribution in [2.24, 2.45) is 7.05 Å². The standard InChI is InChI=1S/C9H11NO6/c1-4(11)15-6-7(16-5(2)12)9(14)10(3)8(6)13/h13-14H,1-3H3. The second-order valence-corrected chi connectivity index (χ2v) is 3.05. The van der Waals surface area contributed by atoms with Gasteiger partial charge in [0.1, 0.15) is 0 Å². The highest BCUT2D eigenvalue weighted by atomic mass is 16.6. The van der Waals surface area contributed by atoms with Gasteiger partial charge in [-0.15, -0.1) is 0 Å². The Morgan fingerprint density at radius 1 is 1.00 bits per heavy atom. The Hall–Kier alpha value is -2.18. The van der Waals surface area contributed by atoms with Crippen LogP contribution in [0, 0.1) is 0 Å². The van der Waals surface area contributed by atoms with Crippen LogP contribution < -0.4 is 9.47 Å². The molecule has 0 saturated heterocycles. The molecule has 0 atom stereocenters. The van der Waals surface area contributed by atoms with Crippen LogP contribution in [-0.2, 0) is 16.6 Å². The van der Waals surface area contributed by atoms with Crippen LogP contribution in [-0.4, -0.2) is 26.7 Å². The van der Waals surface area contributed by atoms with Gasteiger partial charge in [0.15, 0.2) is 0 Å².